The van der Waals surface area contributed by atoms with Gasteiger partial charge >= 0.3 is 0 Å². The smallest absolute Gasteiger partial charge is 0.231 e. The number of benzene rings is 1. The van der Waals surface area contributed by atoms with Crippen LogP contribution in [0.5, 0.6) is 11.5 Å². The number of likely N-dealkylation sites (tertiary alicyclic amines) is 1. The van der Waals surface area contributed by atoms with Gasteiger partial charge in [-0.25, -0.2) is 0 Å². The number of aliphatic imine (C=N–C) groups is 1. The third kappa shape index (κ3) is 3.75. The molecule has 1 saturated carbocycles. The van der Waals surface area contributed by atoms with Crippen LogP contribution in [0.3, 0.4) is 0 Å². The van der Waals surface area contributed by atoms with Gasteiger partial charge in [-0.2, -0.15) is 0 Å². The summed E-state index contributed by atoms with van der Waals surface area (Å²) in [7, 11) is 1.84. The zero-order valence-corrected chi connectivity index (χ0v) is 16.0. The third-order valence-corrected chi connectivity index (χ3v) is 5.70. The molecule has 1 aliphatic carbocycles. The summed E-state index contributed by atoms with van der Waals surface area (Å²) in [6.07, 6.45) is 3.95. The molecular weight excluding hydrogens is 328 g/mol. The Morgan fingerprint density at radius 3 is 2.81 bits per heavy atom. The summed E-state index contributed by atoms with van der Waals surface area (Å²) in [5.74, 6) is 2.56. The van der Waals surface area contributed by atoms with Crippen LogP contribution in [0.25, 0.3) is 0 Å². The first kappa shape index (κ1) is 17.5. The first-order chi connectivity index (χ1) is 12.5. The number of guanidine groups is 1. The van der Waals surface area contributed by atoms with Gasteiger partial charge in [0.05, 0.1) is 0 Å². The molecule has 6 nitrogen and oxygen atoms in total. The van der Waals surface area contributed by atoms with E-state index in [2.05, 4.69) is 46.5 Å². The van der Waals surface area contributed by atoms with Crippen molar-refractivity contribution in [1.82, 2.24) is 15.5 Å². The molecule has 2 heterocycles. The van der Waals surface area contributed by atoms with Crippen molar-refractivity contribution in [2.45, 2.75) is 50.6 Å². The summed E-state index contributed by atoms with van der Waals surface area (Å²) in [5.41, 5.74) is 1.18. The van der Waals surface area contributed by atoms with E-state index in [-0.39, 0.29) is 5.41 Å². The Labute approximate surface area is 156 Å². The van der Waals surface area contributed by atoms with Crippen LogP contribution < -0.4 is 20.1 Å². The van der Waals surface area contributed by atoms with E-state index >= 15 is 0 Å². The standard InChI is InChI=1S/C20H30N4O2/c1-20(2,14-4-7-17-18(10-14)26-13-25-17)12-22-19(21-3)23-15-8-9-24(11-15)16-5-6-16/h4,7,10,15-16H,5-6,8-9,11-13H2,1-3H3,(H2,21,22,23). The molecule has 1 atom stereocenters. The quantitative estimate of drug-likeness (QED) is 0.624. The average molecular weight is 358 g/mol. The molecule has 2 fully saturated rings. The molecule has 0 spiro atoms. The van der Waals surface area contributed by atoms with E-state index in [1.165, 1.54) is 31.4 Å². The van der Waals surface area contributed by atoms with E-state index in [4.69, 9.17) is 9.47 Å². The molecule has 1 unspecified atom stereocenters. The van der Waals surface area contributed by atoms with E-state index in [0.29, 0.717) is 12.8 Å². The summed E-state index contributed by atoms with van der Waals surface area (Å²) < 4.78 is 10.9. The largest absolute Gasteiger partial charge is 0.454 e. The molecule has 1 aromatic carbocycles. The Morgan fingerprint density at radius 2 is 2.04 bits per heavy atom. The van der Waals surface area contributed by atoms with Crippen molar-refractivity contribution in [1.29, 1.82) is 0 Å². The summed E-state index contributed by atoms with van der Waals surface area (Å²) in [6, 6.07) is 7.55. The summed E-state index contributed by atoms with van der Waals surface area (Å²) in [6.45, 7) is 7.92. The van der Waals surface area contributed by atoms with Gasteiger partial charge in [0, 0.05) is 44.2 Å². The van der Waals surface area contributed by atoms with E-state index in [1.54, 1.807) is 0 Å². The van der Waals surface area contributed by atoms with Gasteiger partial charge in [0.15, 0.2) is 17.5 Å². The highest BCUT2D eigenvalue weighted by molar-refractivity contribution is 5.80. The van der Waals surface area contributed by atoms with Crippen LogP contribution in [-0.2, 0) is 5.41 Å². The predicted octanol–water partition coefficient (Wildman–Crippen LogP) is 2.09. The summed E-state index contributed by atoms with van der Waals surface area (Å²) >= 11 is 0. The Kier molecular flexibility index (Phi) is 4.69. The molecule has 0 radical (unpaired) electrons. The molecule has 26 heavy (non-hydrogen) atoms. The Morgan fingerprint density at radius 1 is 1.23 bits per heavy atom. The summed E-state index contributed by atoms with van der Waals surface area (Å²) in [4.78, 5) is 7.04. The highest BCUT2D eigenvalue weighted by atomic mass is 16.7. The third-order valence-electron chi connectivity index (χ3n) is 5.70. The van der Waals surface area contributed by atoms with E-state index in [1.807, 2.05) is 13.1 Å². The number of fused-ring (bicyclic) bond motifs is 1. The van der Waals surface area contributed by atoms with Crippen molar-refractivity contribution < 1.29 is 9.47 Å². The normalized spacial score (nSPS) is 23.3. The molecule has 6 heteroatoms. The number of nitrogens with one attached hydrogen (secondary N) is 2. The number of nitrogens with zero attached hydrogens (tertiary/aromatic N) is 2. The highest BCUT2D eigenvalue weighted by Crippen LogP contribution is 2.36. The Hall–Kier alpha value is -1.95. The van der Waals surface area contributed by atoms with Crippen molar-refractivity contribution in [2.24, 2.45) is 4.99 Å². The van der Waals surface area contributed by atoms with Crippen LogP contribution in [0.4, 0.5) is 0 Å². The topological polar surface area (TPSA) is 58.1 Å². The zero-order valence-electron chi connectivity index (χ0n) is 16.0. The van der Waals surface area contributed by atoms with Gasteiger partial charge in [-0.05, 0) is 37.0 Å². The second-order valence-electron chi connectivity index (χ2n) is 8.23. The number of rotatable bonds is 5. The van der Waals surface area contributed by atoms with E-state index in [0.717, 1.165) is 36.6 Å². The molecule has 3 aliphatic rings. The van der Waals surface area contributed by atoms with Gasteiger partial charge < -0.3 is 20.1 Å². The molecule has 0 aromatic heterocycles. The number of ether oxygens (including phenoxy) is 2. The first-order valence-electron chi connectivity index (χ1n) is 9.66. The fraction of sp³-hybridized carbons (Fsp3) is 0.650. The minimum atomic E-state index is -0.0473. The highest BCUT2D eigenvalue weighted by Gasteiger charge is 2.34. The lowest BCUT2D eigenvalue weighted by molar-refractivity contribution is 0.174. The van der Waals surface area contributed by atoms with Gasteiger partial charge in [0.2, 0.25) is 6.79 Å². The van der Waals surface area contributed by atoms with Crippen LogP contribution in [-0.4, -0.2) is 56.4 Å². The van der Waals surface area contributed by atoms with Crippen molar-refractivity contribution in [3.63, 3.8) is 0 Å². The van der Waals surface area contributed by atoms with Crippen LogP contribution >= 0.6 is 0 Å². The lowest BCUT2D eigenvalue weighted by Gasteiger charge is -2.28. The van der Waals surface area contributed by atoms with Crippen LogP contribution in [0.1, 0.15) is 38.7 Å². The van der Waals surface area contributed by atoms with Gasteiger partial charge in [0.1, 0.15) is 0 Å². The number of hydrogen-bond donors (Lipinski definition) is 2. The van der Waals surface area contributed by atoms with Gasteiger partial charge in [-0.1, -0.05) is 19.9 Å². The molecule has 4 rings (SSSR count). The van der Waals surface area contributed by atoms with Crippen LogP contribution in [0.2, 0.25) is 0 Å². The molecular formula is C20H30N4O2. The van der Waals surface area contributed by atoms with E-state index in [9.17, 15) is 0 Å². The van der Waals surface area contributed by atoms with Gasteiger partial charge in [-0.15, -0.1) is 0 Å². The van der Waals surface area contributed by atoms with Gasteiger partial charge in [0.25, 0.3) is 0 Å². The minimum Gasteiger partial charge on any atom is -0.454 e. The Balaban J connectivity index is 1.32. The molecule has 2 N–H and O–H groups in total. The maximum Gasteiger partial charge on any atom is 0.231 e. The van der Waals surface area contributed by atoms with E-state index < -0.39 is 0 Å². The zero-order chi connectivity index (χ0) is 18.1. The second-order valence-corrected chi connectivity index (χ2v) is 8.23. The molecule has 0 bridgehead atoms. The fourth-order valence-electron chi connectivity index (χ4n) is 3.79. The number of hydrogen-bond acceptors (Lipinski definition) is 4. The maximum absolute atomic E-state index is 5.52. The molecule has 0 amide bonds. The minimum absolute atomic E-state index is 0.0473. The maximum atomic E-state index is 5.52. The van der Waals surface area contributed by atoms with Crippen LogP contribution in [0, 0.1) is 0 Å². The predicted molar refractivity (Wildman–Crippen MR) is 103 cm³/mol. The molecule has 1 aromatic rings. The lowest BCUT2D eigenvalue weighted by atomic mass is 9.84. The monoisotopic (exact) mass is 358 g/mol. The van der Waals surface area contributed by atoms with Gasteiger partial charge in [-0.3, -0.25) is 9.89 Å². The first-order valence-corrected chi connectivity index (χ1v) is 9.66. The Bertz CT molecular complexity index is 684. The summed E-state index contributed by atoms with van der Waals surface area (Å²) in [5, 5.41) is 7.11. The lowest BCUT2D eigenvalue weighted by Crippen LogP contribution is -2.48. The average Bonchev–Trinajstić information content (AvgIpc) is 3.19. The van der Waals surface area contributed by atoms with Crippen molar-refractivity contribution >= 4 is 5.96 Å². The fourth-order valence-corrected chi connectivity index (χ4v) is 3.79. The SMILES string of the molecule is CN=C(NCC(C)(C)c1ccc2c(c1)OCO2)NC1CCN(C2CC2)C1. The van der Waals surface area contributed by atoms with Crippen molar-refractivity contribution in [3.05, 3.63) is 23.8 Å². The second kappa shape index (κ2) is 6.99. The van der Waals surface area contributed by atoms with Crippen molar-refractivity contribution in [2.75, 3.05) is 33.5 Å². The van der Waals surface area contributed by atoms with Crippen molar-refractivity contribution in [3.8, 4) is 11.5 Å². The molecule has 142 valence electrons. The van der Waals surface area contributed by atoms with Crippen LogP contribution in [0.15, 0.2) is 23.2 Å². The molecule has 2 aliphatic heterocycles. The molecule has 1 saturated heterocycles.